The minimum absolute atomic E-state index is 0.783. The van der Waals surface area contributed by atoms with Gasteiger partial charge in [0, 0.05) is 48.9 Å². The predicted octanol–water partition coefficient (Wildman–Crippen LogP) is 2.74. The molecule has 1 aromatic heterocycles. The molecule has 2 rings (SSSR count). The summed E-state index contributed by atoms with van der Waals surface area (Å²) >= 11 is 0. The topological polar surface area (TPSA) is 49.4 Å². The van der Waals surface area contributed by atoms with Gasteiger partial charge in [0.1, 0.15) is 0 Å². The molecule has 2 heterocycles. The van der Waals surface area contributed by atoms with Crippen LogP contribution < -0.4 is 10.6 Å². The molecule has 0 aromatic carbocycles. The van der Waals surface area contributed by atoms with E-state index in [9.17, 15) is 0 Å². The zero-order valence-electron chi connectivity index (χ0n) is 14.2. The molecule has 0 spiro atoms. The molecule has 0 amide bonds. The molecule has 1 aliphatic rings. The number of anilines is 1. The van der Waals surface area contributed by atoms with Crippen LogP contribution in [0.5, 0.6) is 0 Å². The van der Waals surface area contributed by atoms with Crippen molar-refractivity contribution in [2.45, 2.75) is 13.8 Å². The monoisotopic (exact) mass is 314 g/mol. The Morgan fingerprint density at radius 3 is 2.78 bits per heavy atom. The molecule has 0 bridgehead atoms. The summed E-state index contributed by atoms with van der Waals surface area (Å²) in [5, 5.41) is 6.23. The maximum atomic E-state index is 5.43. The fourth-order valence-corrected chi connectivity index (χ4v) is 2.54. The lowest BCUT2D eigenvalue weighted by atomic mass is 10.0. The molecule has 0 atom stereocenters. The first kappa shape index (κ1) is 17.1. The molecule has 5 heteroatoms. The van der Waals surface area contributed by atoms with Gasteiger partial charge >= 0.3 is 0 Å². The molecule has 1 fully saturated rings. The fraction of sp³-hybridized carbons (Fsp3) is 0.389. The number of ether oxygens (including phenoxy) is 1. The Kier molecular flexibility index (Phi) is 6.23. The standard InChI is InChI=1S/C18H26N4O/c1-5-20-12-16(10-14(2)22-6-8-23-9-7-22)18-11-17(19-4)13-21-15(18)3/h5,10-13,19-20H,1,6-9H2,2-4H3/b14-10+,16-12+. The Morgan fingerprint density at radius 2 is 2.13 bits per heavy atom. The molecule has 124 valence electrons. The van der Waals surface area contributed by atoms with Crippen LogP contribution >= 0.6 is 0 Å². The molecule has 0 unspecified atom stereocenters. The number of pyridine rings is 1. The molecule has 0 radical (unpaired) electrons. The quantitative estimate of drug-likeness (QED) is 0.791. The summed E-state index contributed by atoms with van der Waals surface area (Å²) in [7, 11) is 1.90. The van der Waals surface area contributed by atoms with E-state index in [0.717, 1.165) is 48.8 Å². The van der Waals surface area contributed by atoms with Gasteiger partial charge in [-0.15, -0.1) is 0 Å². The fourth-order valence-electron chi connectivity index (χ4n) is 2.54. The highest BCUT2D eigenvalue weighted by atomic mass is 16.5. The second kappa shape index (κ2) is 8.39. The van der Waals surface area contributed by atoms with Gasteiger partial charge in [-0.2, -0.15) is 0 Å². The number of morpholine rings is 1. The van der Waals surface area contributed by atoms with Crippen molar-refractivity contribution in [1.82, 2.24) is 15.2 Å². The number of hydrogen-bond donors (Lipinski definition) is 2. The van der Waals surface area contributed by atoms with Gasteiger partial charge in [-0.1, -0.05) is 6.58 Å². The van der Waals surface area contributed by atoms with Crippen molar-refractivity contribution in [3.05, 3.63) is 54.3 Å². The minimum Gasteiger partial charge on any atom is -0.387 e. The number of allylic oxidation sites excluding steroid dienone is 3. The summed E-state index contributed by atoms with van der Waals surface area (Å²) in [6, 6.07) is 2.11. The number of nitrogens with zero attached hydrogens (tertiary/aromatic N) is 2. The summed E-state index contributed by atoms with van der Waals surface area (Å²) in [5.74, 6) is 0. The molecule has 2 N–H and O–H groups in total. The second-order valence-electron chi connectivity index (χ2n) is 5.46. The average molecular weight is 314 g/mol. The van der Waals surface area contributed by atoms with Gasteiger partial charge < -0.3 is 20.3 Å². The van der Waals surface area contributed by atoms with Gasteiger partial charge in [0.2, 0.25) is 0 Å². The SMILES string of the molecule is C=CN/C=C(\C=C(/C)N1CCOCC1)c1cc(NC)cnc1C. The largest absolute Gasteiger partial charge is 0.387 e. The van der Waals surface area contributed by atoms with Crippen LogP contribution in [0.15, 0.2) is 43.0 Å². The van der Waals surface area contributed by atoms with Crippen molar-refractivity contribution in [2.75, 3.05) is 38.7 Å². The lowest BCUT2D eigenvalue weighted by molar-refractivity contribution is 0.0538. The van der Waals surface area contributed by atoms with Gasteiger partial charge in [-0.25, -0.2) is 0 Å². The number of aryl methyl sites for hydroxylation is 1. The van der Waals surface area contributed by atoms with Crippen LogP contribution in [0.3, 0.4) is 0 Å². The zero-order valence-corrected chi connectivity index (χ0v) is 14.2. The van der Waals surface area contributed by atoms with Crippen LogP contribution in [0.2, 0.25) is 0 Å². The summed E-state index contributed by atoms with van der Waals surface area (Å²) in [4.78, 5) is 6.82. The normalized spacial score (nSPS) is 16.2. The number of rotatable bonds is 6. The van der Waals surface area contributed by atoms with Gasteiger partial charge in [-0.05, 0) is 32.2 Å². The van der Waals surface area contributed by atoms with E-state index < -0.39 is 0 Å². The lowest BCUT2D eigenvalue weighted by Gasteiger charge is -2.29. The lowest BCUT2D eigenvalue weighted by Crippen LogP contribution is -2.34. The van der Waals surface area contributed by atoms with E-state index >= 15 is 0 Å². The van der Waals surface area contributed by atoms with Crippen LogP contribution in [-0.2, 0) is 4.74 Å². The van der Waals surface area contributed by atoms with E-state index in [1.807, 2.05) is 26.4 Å². The zero-order chi connectivity index (χ0) is 16.7. The summed E-state index contributed by atoms with van der Waals surface area (Å²) in [6.45, 7) is 11.3. The van der Waals surface area contributed by atoms with Gasteiger partial charge in [-0.3, -0.25) is 4.98 Å². The van der Waals surface area contributed by atoms with Crippen LogP contribution in [-0.4, -0.2) is 43.2 Å². The first-order valence-electron chi connectivity index (χ1n) is 7.88. The summed E-state index contributed by atoms with van der Waals surface area (Å²) in [5.41, 5.74) is 5.38. The van der Waals surface area contributed by atoms with Gasteiger partial charge in [0.05, 0.1) is 25.1 Å². The average Bonchev–Trinajstić information content (AvgIpc) is 2.59. The first-order chi connectivity index (χ1) is 11.2. The highest BCUT2D eigenvalue weighted by Crippen LogP contribution is 2.24. The van der Waals surface area contributed by atoms with Crippen LogP contribution in [0.25, 0.3) is 5.57 Å². The molecule has 1 aliphatic heterocycles. The van der Waals surface area contributed by atoms with E-state index in [2.05, 4.69) is 46.2 Å². The van der Waals surface area contributed by atoms with E-state index in [1.165, 1.54) is 5.70 Å². The Labute approximate surface area is 138 Å². The number of aromatic nitrogens is 1. The van der Waals surface area contributed by atoms with Gasteiger partial charge in [0.15, 0.2) is 0 Å². The van der Waals surface area contributed by atoms with Crippen LogP contribution in [0.4, 0.5) is 5.69 Å². The van der Waals surface area contributed by atoms with Crippen molar-refractivity contribution < 1.29 is 4.74 Å². The molecule has 1 saturated heterocycles. The number of nitrogens with one attached hydrogen (secondary N) is 2. The molecular formula is C18H26N4O. The molecule has 5 nitrogen and oxygen atoms in total. The maximum absolute atomic E-state index is 5.43. The highest BCUT2D eigenvalue weighted by Gasteiger charge is 2.12. The third kappa shape index (κ3) is 4.60. The van der Waals surface area contributed by atoms with Crippen molar-refractivity contribution in [2.24, 2.45) is 0 Å². The van der Waals surface area contributed by atoms with Crippen molar-refractivity contribution in [1.29, 1.82) is 0 Å². The smallest absolute Gasteiger partial charge is 0.0642 e. The van der Waals surface area contributed by atoms with Crippen LogP contribution in [0.1, 0.15) is 18.2 Å². The van der Waals surface area contributed by atoms with E-state index in [0.29, 0.717) is 0 Å². The third-order valence-electron chi connectivity index (χ3n) is 3.92. The third-order valence-corrected chi connectivity index (χ3v) is 3.92. The van der Waals surface area contributed by atoms with Crippen molar-refractivity contribution in [3.8, 4) is 0 Å². The Morgan fingerprint density at radius 1 is 1.39 bits per heavy atom. The van der Waals surface area contributed by atoms with Gasteiger partial charge in [0.25, 0.3) is 0 Å². The Bertz CT molecular complexity index is 601. The summed E-state index contributed by atoms with van der Waals surface area (Å²) in [6.07, 6.45) is 7.66. The Balaban J connectivity index is 2.35. The second-order valence-corrected chi connectivity index (χ2v) is 5.46. The molecule has 1 aromatic rings. The molecule has 23 heavy (non-hydrogen) atoms. The predicted molar refractivity (Wildman–Crippen MR) is 96.0 cm³/mol. The summed E-state index contributed by atoms with van der Waals surface area (Å²) < 4.78 is 5.43. The van der Waals surface area contributed by atoms with Crippen molar-refractivity contribution in [3.63, 3.8) is 0 Å². The van der Waals surface area contributed by atoms with E-state index in [-0.39, 0.29) is 0 Å². The van der Waals surface area contributed by atoms with Crippen molar-refractivity contribution >= 4 is 11.3 Å². The molecule has 0 saturated carbocycles. The highest BCUT2D eigenvalue weighted by molar-refractivity contribution is 5.77. The number of hydrogen-bond acceptors (Lipinski definition) is 5. The molecular weight excluding hydrogens is 288 g/mol. The van der Waals surface area contributed by atoms with E-state index in [1.54, 1.807) is 6.20 Å². The maximum Gasteiger partial charge on any atom is 0.0642 e. The first-order valence-corrected chi connectivity index (χ1v) is 7.88. The van der Waals surface area contributed by atoms with Crippen LogP contribution in [0, 0.1) is 6.92 Å². The van der Waals surface area contributed by atoms with E-state index in [4.69, 9.17) is 4.74 Å². The minimum atomic E-state index is 0.783. The molecule has 0 aliphatic carbocycles. The Hall–Kier alpha value is -2.27.